The largest absolute Gasteiger partial charge is 0.379 e. The third kappa shape index (κ3) is 5.73. The summed E-state index contributed by atoms with van der Waals surface area (Å²) in [5.41, 5.74) is 2.42. The highest BCUT2D eigenvalue weighted by molar-refractivity contribution is 5.78. The molecule has 0 atom stereocenters. The Kier molecular flexibility index (Phi) is 7.73. The molecule has 0 radical (unpaired) electrons. The number of carbonyl (C=O) groups excluding carboxylic acids is 1. The normalized spacial score (nSPS) is 19.3. The molecule has 5 heteroatoms. The highest BCUT2D eigenvalue weighted by Gasteiger charge is 2.38. The van der Waals surface area contributed by atoms with Crippen LogP contribution in [-0.2, 0) is 9.53 Å². The highest BCUT2D eigenvalue weighted by atomic mass is 16.5. The van der Waals surface area contributed by atoms with Crippen molar-refractivity contribution in [1.82, 2.24) is 15.5 Å². The molecule has 166 valence electrons. The average Bonchev–Trinajstić information content (AvgIpc) is 2.85. The van der Waals surface area contributed by atoms with Crippen LogP contribution >= 0.6 is 0 Å². The molecule has 1 aliphatic heterocycles. The van der Waals surface area contributed by atoms with Gasteiger partial charge in [-0.15, -0.1) is 0 Å². The Hall–Kier alpha value is -2.21. The molecule has 2 aromatic carbocycles. The van der Waals surface area contributed by atoms with Crippen LogP contribution in [0.2, 0.25) is 0 Å². The van der Waals surface area contributed by atoms with Gasteiger partial charge in [0.15, 0.2) is 0 Å². The topological polar surface area (TPSA) is 53.6 Å². The van der Waals surface area contributed by atoms with Crippen LogP contribution < -0.4 is 10.6 Å². The molecule has 1 heterocycles. The third-order valence-corrected chi connectivity index (χ3v) is 6.81. The van der Waals surface area contributed by atoms with Crippen LogP contribution in [0, 0.1) is 0 Å². The van der Waals surface area contributed by atoms with Crippen LogP contribution in [0.1, 0.15) is 49.3 Å². The maximum Gasteiger partial charge on any atom is 0.234 e. The Bertz CT molecular complexity index is 760. The van der Waals surface area contributed by atoms with Gasteiger partial charge in [0.1, 0.15) is 0 Å². The number of hydrogen-bond acceptors (Lipinski definition) is 4. The number of benzene rings is 2. The minimum absolute atomic E-state index is 0.00367. The van der Waals surface area contributed by atoms with E-state index < -0.39 is 0 Å². The van der Waals surface area contributed by atoms with Crippen molar-refractivity contribution in [2.45, 2.75) is 43.7 Å². The molecular weight excluding hydrogens is 386 g/mol. The first-order valence-electron chi connectivity index (χ1n) is 11.7. The zero-order valence-corrected chi connectivity index (χ0v) is 18.4. The molecule has 4 rings (SSSR count). The molecule has 1 saturated carbocycles. The number of nitrogens with zero attached hydrogens (tertiary/aromatic N) is 1. The molecule has 2 N–H and O–H groups in total. The van der Waals surface area contributed by atoms with Crippen molar-refractivity contribution < 1.29 is 9.53 Å². The molecule has 1 saturated heterocycles. The molecule has 0 aromatic heterocycles. The fourth-order valence-electron chi connectivity index (χ4n) is 5.09. The lowest BCUT2D eigenvalue weighted by Gasteiger charge is -2.48. The summed E-state index contributed by atoms with van der Waals surface area (Å²) in [5.74, 6) is 0.0649. The standard InChI is InChI=1S/C26H35N3O2/c30-24(28-21-26(14-8-3-9-15-26)29-16-18-31-19-17-29)20-27-25(22-10-4-1-5-11-22)23-12-6-2-7-13-23/h1-2,4-7,10-13,25,27H,3,8-9,14-21H2,(H,28,30). The number of ether oxygens (including phenoxy) is 1. The smallest absolute Gasteiger partial charge is 0.234 e. The van der Waals surface area contributed by atoms with Gasteiger partial charge >= 0.3 is 0 Å². The predicted octanol–water partition coefficient (Wildman–Crippen LogP) is 3.52. The predicted molar refractivity (Wildman–Crippen MR) is 124 cm³/mol. The van der Waals surface area contributed by atoms with Gasteiger partial charge in [0.25, 0.3) is 0 Å². The Morgan fingerprint density at radius 2 is 1.48 bits per heavy atom. The zero-order chi connectivity index (χ0) is 21.4. The second kappa shape index (κ2) is 10.9. The summed E-state index contributed by atoms with van der Waals surface area (Å²) in [7, 11) is 0. The Morgan fingerprint density at radius 3 is 2.06 bits per heavy atom. The summed E-state index contributed by atoms with van der Waals surface area (Å²) in [4.78, 5) is 15.4. The van der Waals surface area contributed by atoms with E-state index in [1.54, 1.807) is 0 Å². The van der Waals surface area contributed by atoms with Crippen molar-refractivity contribution in [1.29, 1.82) is 0 Å². The van der Waals surface area contributed by atoms with Crippen molar-refractivity contribution >= 4 is 5.91 Å². The van der Waals surface area contributed by atoms with Gasteiger partial charge in [-0.3, -0.25) is 15.0 Å². The van der Waals surface area contributed by atoms with Gasteiger partial charge in [0.05, 0.1) is 25.8 Å². The lowest BCUT2D eigenvalue weighted by molar-refractivity contribution is -0.121. The van der Waals surface area contributed by atoms with Crippen LogP contribution in [0.4, 0.5) is 0 Å². The van der Waals surface area contributed by atoms with Crippen LogP contribution in [0.3, 0.4) is 0 Å². The lowest BCUT2D eigenvalue weighted by atomic mass is 9.79. The van der Waals surface area contributed by atoms with E-state index in [1.165, 1.54) is 30.4 Å². The van der Waals surface area contributed by atoms with E-state index in [1.807, 2.05) is 36.4 Å². The molecule has 2 aromatic rings. The number of carbonyl (C=O) groups is 1. The van der Waals surface area contributed by atoms with Gasteiger partial charge in [0.2, 0.25) is 5.91 Å². The monoisotopic (exact) mass is 421 g/mol. The summed E-state index contributed by atoms with van der Waals surface area (Å²) in [5, 5.41) is 6.75. The minimum Gasteiger partial charge on any atom is -0.379 e. The van der Waals surface area contributed by atoms with E-state index in [0.717, 1.165) is 45.7 Å². The van der Waals surface area contributed by atoms with Crippen LogP contribution in [0.25, 0.3) is 0 Å². The fraction of sp³-hybridized carbons (Fsp3) is 0.500. The highest BCUT2D eigenvalue weighted by Crippen LogP contribution is 2.33. The summed E-state index contributed by atoms with van der Waals surface area (Å²) in [6.07, 6.45) is 6.12. The maximum atomic E-state index is 12.9. The Balaban J connectivity index is 1.37. The molecule has 0 unspecified atom stereocenters. The molecule has 1 amide bonds. The molecule has 0 bridgehead atoms. The second-order valence-electron chi connectivity index (χ2n) is 8.80. The maximum absolute atomic E-state index is 12.9. The SMILES string of the molecule is O=C(CNC(c1ccccc1)c1ccccc1)NCC1(N2CCOCC2)CCCCC1. The van der Waals surface area contributed by atoms with Crippen molar-refractivity contribution in [3.8, 4) is 0 Å². The first-order chi connectivity index (χ1) is 15.3. The van der Waals surface area contributed by atoms with E-state index >= 15 is 0 Å². The number of amides is 1. The molecule has 1 aliphatic carbocycles. The summed E-state index contributed by atoms with van der Waals surface area (Å²) < 4.78 is 5.57. The first kappa shape index (κ1) is 22.0. The van der Waals surface area contributed by atoms with Gasteiger partial charge in [0, 0.05) is 25.2 Å². The van der Waals surface area contributed by atoms with E-state index in [-0.39, 0.29) is 17.5 Å². The number of morpholine rings is 1. The van der Waals surface area contributed by atoms with Gasteiger partial charge in [-0.2, -0.15) is 0 Å². The number of hydrogen-bond donors (Lipinski definition) is 2. The van der Waals surface area contributed by atoms with E-state index in [9.17, 15) is 4.79 Å². The third-order valence-electron chi connectivity index (χ3n) is 6.81. The van der Waals surface area contributed by atoms with Crippen LogP contribution in [-0.4, -0.2) is 55.7 Å². The van der Waals surface area contributed by atoms with Crippen molar-refractivity contribution in [2.24, 2.45) is 0 Å². The Labute approximate surface area is 186 Å². The minimum atomic E-state index is -0.00367. The van der Waals surface area contributed by atoms with Gasteiger partial charge in [-0.25, -0.2) is 0 Å². The molecule has 0 spiro atoms. The van der Waals surface area contributed by atoms with E-state index in [2.05, 4.69) is 39.8 Å². The van der Waals surface area contributed by atoms with Crippen molar-refractivity contribution in [3.05, 3.63) is 71.8 Å². The van der Waals surface area contributed by atoms with Gasteiger partial charge in [-0.05, 0) is 24.0 Å². The van der Waals surface area contributed by atoms with Gasteiger partial charge < -0.3 is 10.1 Å². The first-order valence-corrected chi connectivity index (χ1v) is 11.7. The zero-order valence-electron chi connectivity index (χ0n) is 18.4. The van der Waals surface area contributed by atoms with Crippen molar-refractivity contribution in [3.63, 3.8) is 0 Å². The van der Waals surface area contributed by atoms with Crippen LogP contribution in [0.15, 0.2) is 60.7 Å². The van der Waals surface area contributed by atoms with Gasteiger partial charge in [-0.1, -0.05) is 79.9 Å². The molecule has 2 aliphatic rings. The quantitative estimate of drug-likeness (QED) is 0.685. The summed E-state index contributed by atoms with van der Waals surface area (Å²) in [6, 6.07) is 20.7. The van der Waals surface area contributed by atoms with Crippen molar-refractivity contribution in [2.75, 3.05) is 39.4 Å². The molecule has 2 fully saturated rings. The summed E-state index contributed by atoms with van der Waals surface area (Å²) >= 11 is 0. The van der Waals surface area contributed by atoms with Crippen LogP contribution in [0.5, 0.6) is 0 Å². The summed E-state index contributed by atoms with van der Waals surface area (Å²) in [6.45, 7) is 4.57. The molecule has 5 nitrogen and oxygen atoms in total. The molecular formula is C26H35N3O2. The van der Waals surface area contributed by atoms with E-state index in [0.29, 0.717) is 6.54 Å². The number of rotatable bonds is 8. The lowest BCUT2D eigenvalue weighted by Crippen LogP contribution is -2.60. The molecule has 31 heavy (non-hydrogen) atoms. The Morgan fingerprint density at radius 1 is 0.903 bits per heavy atom. The second-order valence-corrected chi connectivity index (χ2v) is 8.80. The van der Waals surface area contributed by atoms with E-state index in [4.69, 9.17) is 4.74 Å². The fourth-order valence-corrected chi connectivity index (χ4v) is 5.09. The average molecular weight is 422 g/mol. The number of nitrogens with one attached hydrogen (secondary N) is 2.